The van der Waals surface area contributed by atoms with E-state index in [4.69, 9.17) is 19.4 Å². The minimum atomic E-state index is 0.0640. The second-order valence-electron chi connectivity index (χ2n) is 12.8. The highest BCUT2D eigenvalue weighted by molar-refractivity contribution is 5.46. The lowest BCUT2D eigenvalue weighted by Crippen LogP contribution is -2.49. The SMILES string of the molecule is CC1CN(c2ccc(C(C)(C)C)nc2)CC(CCC2CN(c3ccc(C(C)(C)C)cn3)CC(C)O2)O1. The van der Waals surface area contributed by atoms with Crippen LogP contribution >= 0.6 is 0 Å². The number of hydrogen-bond donors (Lipinski definition) is 0. The Morgan fingerprint density at radius 2 is 1.33 bits per heavy atom. The molecule has 6 nitrogen and oxygen atoms in total. The number of anilines is 2. The molecule has 0 spiro atoms. The van der Waals surface area contributed by atoms with Crippen LogP contribution in [0.5, 0.6) is 0 Å². The van der Waals surface area contributed by atoms with Gasteiger partial charge in [0, 0.05) is 43.5 Å². The fourth-order valence-corrected chi connectivity index (χ4v) is 5.21. The van der Waals surface area contributed by atoms with Crippen LogP contribution in [0, 0.1) is 0 Å². The molecule has 0 N–H and O–H groups in total. The summed E-state index contributed by atoms with van der Waals surface area (Å²) >= 11 is 0. The van der Waals surface area contributed by atoms with E-state index in [0.29, 0.717) is 0 Å². The van der Waals surface area contributed by atoms with Crippen LogP contribution < -0.4 is 9.80 Å². The van der Waals surface area contributed by atoms with Crippen molar-refractivity contribution >= 4 is 11.5 Å². The van der Waals surface area contributed by atoms with E-state index in [9.17, 15) is 0 Å². The van der Waals surface area contributed by atoms with Crippen molar-refractivity contribution in [1.29, 1.82) is 0 Å². The monoisotopic (exact) mass is 494 g/mol. The molecular weight excluding hydrogens is 448 g/mol. The maximum absolute atomic E-state index is 6.35. The number of ether oxygens (including phenoxy) is 2. The lowest BCUT2D eigenvalue weighted by molar-refractivity contribution is -0.0489. The number of aromatic nitrogens is 2. The summed E-state index contributed by atoms with van der Waals surface area (Å²) in [6.07, 6.45) is 6.76. The topological polar surface area (TPSA) is 50.7 Å². The van der Waals surface area contributed by atoms with Crippen molar-refractivity contribution in [3.05, 3.63) is 47.9 Å². The lowest BCUT2D eigenvalue weighted by atomic mass is 9.88. The highest BCUT2D eigenvalue weighted by Crippen LogP contribution is 2.28. The Balaban J connectivity index is 1.35. The van der Waals surface area contributed by atoms with Crippen LogP contribution in [0.15, 0.2) is 36.7 Å². The maximum atomic E-state index is 6.35. The minimum Gasteiger partial charge on any atom is -0.372 e. The zero-order chi connectivity index (χ0) is 26.1. The van der Waals surface area contributed by atoms with Crippen molar-refractivity contribution in [3.63, 3.8) is 0 Å². The van der Waals surface area contributed by atoms with Gasteiger partial charge in [-0.3, -0.25) is 4.98 Å². The Morgan fingerprint density at radius 1 is 0.722 bits per heavy atom. The molecule has 2 aromatic rings. The van der Waals surface area contributed by atoms with Crippen molar-refractivity contribution in [2.45, 2.75) is 103 Å². The van der Waals surface area contributed by atoms with Crippen LogP contribution in [-0.4, -0.2) is 60.6 Å². The molecule has 2 aromatic heterocycles. The smallest absolute Gasteiger partial charge is 0.128 e. The summed E-state index contributed by atoms with van der Waals surface area (Å²) in [6.45, 7) is 21.2. The van der Waals surface area contributed by atoms with Gasteiger partial charge in [-0.25, -0.2) is 4.98 Å². The predicted octanol–water partition coefficient (Wildman–Crippen LogP) is 5.74. The summed E-state index contributed by atoms with van der Waals surface area (Å²) in [5, 5.41) is 0. The van der Waals surface area contributed by atoms with Crippen LogP contribution in [0.25, 0.3) is 0 Å². The molecule has 0 saturated carbocycles. The summed E-state index contributed by atoms with van der Waals surface area (Å²) in [4.78, 5) is 14.3. The molecule has 0 aliphatic carbocycles. The third-order valence-corrected chi connectivity index (χ3v) is 7.28. The summed E-state index contributed by atoms with van der Waals surface area (Å²) < 4.78 is 12.7. The molecule has 198 valence electrons. The number of hydrogen-bond acceptors (Lipinski definition) is 6. The first-order valence-corrected chi connectivity index (χ1v) is 13.6. The molecule has 2 saturated heterocycles. The molecule has 0 bridgehead atoms. The van der Waals surface area contributed by atoms with E-state index in [0.717, 1.165) is 50.5 Å². The summed E-state index contributed by atoms with van der Waals surface area (Å²) in [5.41, 5.74) is 3.75. The molecule has 4 atom stereocenters. The molecular formula is C30H46N4O2. The average molecular weight is 495 g/mol. The van der Waals surface area contributed by atoms with Crippen LogP contribution in [0.4, 0.5) is 11.5 Å². The van der Waals surface area contributed by atoms with E-state index < -0.39 is 0 Å². The number of nitrogens with zero attached hydrogens (tertiary/aromatic N) is 4. The summed E-state index contributed by atoms with van der Waals surface area (Å²) in [7, 11) is 0. The van der Waals surface area contributed by atoms with Gasteiger partial charge in [0.25, 0.3) is 0 Å². The average Bonchev–Trinajstić information content (AvgIpc) is 2.81. The number of morpholine rings is 2. The Labute approximate surface area is 218 Å². The van der Waals surface area contributed by atoms with Gasteiger partial charge >= 0.3 is 0 Å². The molecule has 2 fully saturated rings. The maximum Gasteiger partial charge on any atom is 0.128 e. The largest absolute Gasteiger partial charge is 0.372 e. The van der Waals surface area contributed by atoms with E-state index >= 15 is 0 Å². The lowest BCUT2D eigenvalue weighted by Gasteiger charge is -2.40. The molecule has 0 aromatic carbocycles. The fourth-order valence-electron chi connectivity index (χ4n) is 5.21. The predicted molar refractivity (Wildman–Crippen MR) is 148 cm³/mol. The first-order valence-electron chi connectivity index (χ1n) is 13.6. The fraction of sp³-hybridized carbons (Fsp3) is 0.667. The second kappa shape index (κ2) is 10.7. The van der Waals surface area contributed by atoms with Crippen LogP contribution in [0.3, 0.4) is 0 Å². The molecule has 0 amide bonds. The molecule has 4 rings (SSSR count). The molecule has 2 aliphatic heterocycles. The van der Waals surface area contributed by atoms with Crippen molar-refractivity contribution in [2.24, 2.45) is 0 Å². The van der Waals surface area contributed by atoms with Crippen LogP contribution in [0.2, 0.25) is 0 Å². The molecule has 4 unspecified atom stereocenters. The van der Waals surface area contributed by atoms with Gasteiger partial charge in [0.1, 0.15) is 5.82 Å². The van der Waals surface area contributed by atoms with Gasteiger partial charge in [0.2, 0.25) is 0 Å². The second-order valence-corrected chi connectivity index (χ2v) is 12.8. The van der Waals surface area contributed by atoms with Gasteiger partial charge in [0.05, 0.1) is 36.3 Å². The van der Waals surface area contributed by atoms with Gasteiger partial charge in [-0.05, 0) is 55.9 Å². The first-order chi connectivity index (χ1) is 16.9. The zero-order valence-electron chi connectivity index (χ0n) is 23.6. The van der Waals surface area contributed by atoms with Crippen molar-refractivity contribution in [3.8, 4) is 0 Å². The highest BCUT2D eigenvalue weighted by atomic mass is 16.5. The van der Waals surface area contributed by atoms with E-state index in [1.54, 1.807) is 0 Å². The minimum absolute atomic E-state index is 0.0640. The third kappa shape index (κ3) is 6.77. The van der Waals surface area contributed by atoms with Gasteiger partial charge in [0.15, 0.2) is 0 Å². The van der Waals surface area contributed by atoms with Gasteiger partial charge in [-0.15, -0.1) is 0 Å². The standard InChI is InChI=1S/C30H46N4O2/c1-21-17-33(24-10-13-27(31-16-24)30(6,7)8)19-25(35-21)11-12-26-20-34(18-22(2)36-26)28-14-9-23(15-32-28)29(3,4)5/h9-10,13-16,21-22,25-26H,11-12,17-20H2,1-8H3. The van der Waals surface area contributed by atoms with Crippen molar-refractivity contribution < 1.29 is 9.47 Å². The quantitative estimate of drug-likeness (QED) is 0.528. The summed E-state index contributed by atoms with van der Waals surface area (Å²) in [6, 6.07) is 8.76. The van der Waals surface area contributed by atoms with E-state index in [1.807, 2.05) is 12.4 Å². The van der Waals surface area contributed by atoms with Crippen molar-refractivity contribution in [1.82, 2.24) is 9.97 Å². The Hall–Kier alpha value is -2.18. The molecule has 0 radical (unpaired) electrons. The Bertz CT molecular complexity index is 896. The van der Waals surface area contributed by atoms with Crippen LogP contribution in [0.1, 0.15) is 79.5 Å². The molecule has 6 heteroatoms. The molecule has 2 aliphatic rings. The molecule has 36 heavy (non-hydrogen) atoms. The highest BCUT2D eigenvalue weighted by Gasteiger charge is 2.30. The van der Waals surface area contributed by atoms with Gasteiger partial charge in [-0.1, -0.05) is 47.6 Å². The Kier molecular flexibility index (Phi) is 7.96. The number of rotatable bonds is 5. The van der Waals surface area contributed by atoms with Crippen molar-refractivity contribution in [2.75, 3.05) is 36.0 Å². The molecule has 4 heterocycles. The van der Waals surface area contributed by atoms with E-state index in [1.165, 1.54) is 11.3 Å². The zero-order valence-corrected chi connectivity index (χ0v) is 23.6. The van der Waals surface area contributed by atoms with E-state index in [2.05, 4.69) is 89.5 Å². The number of pyridine rings is 2. The Morgan fingerprint density at radius 3 is 1.83 bits per heavy atom. The van der Waals surface area contributed by atoms with Crippen LogP contribution in [-0.2, 0) is 20.3 Å². The van der Waals surface area contributed by atoms with Gasteiger partial charge in [-0.2, -0.15) is 0 Å². The van der Waals surface area contributed by atoms with Gasteiger partial charge < -0.3 is 19.3 Å². The first kappa shape index (κ1) is 26.9. The third-order valence-electron chi connectivity index (χ3n) is 7.28. The normalized spacial score (nSPS) is 25.8. The summed E-state index contributed by atoms with van der Waals surface area (Å²) in [5.74, 6) is 1.04. The van der Waals surface area contributed by atoms with E-state index in [-0.39, 0.29) is 35.2 Å².